The van der Waals surface area contributed by atoms with E-state index < -0.39 is 11.9 Å². The van der Waals surface area contributed by atoms with Gasteiger partial charge in [0.25, 0.3) is 5.91 Å². The van der Waals surface area contributed by atoms with Crippen LogP contribution in [0.3, 0.4) is 0 Å². The van der Waals surface area contributed by atoms with Crippen LogP contribution >= 0.6 is 0 Å². The SMILES string of the molecule is CCOC(=O)c1cnn(C)c1NC(=O)c1ccn(C)n1. The number of carbonyl (C=O) groups is 2. The van der Waals surface area contributed by atoms with E-state index in [9.17, 15) is 9.59 Å². The third kappa shape index (κ3) is 2.68. The highest BCUT2D eigenvalue weighted by Crippen LogP contribution is 2.16. The average Bonchev–Trinajstić information content (AvgIpc) is 2.98. The lowest BCUT2D eigenvalue weighted by Crippen LogP contribution is -2.18. The van der Waals surface area contributed by atoms with Crippen molar-refractivity contribution in [1.82, 2.24) is 19.6 Å². The van der Waals surface area contributed by atoms with Gasteiger partial charge in [0.1, 0.15) is 11.4 Å². The quantitative estimate of drug-likeness (QED) is 0.825. The molecule has 0 radical (unpaired) electrons. The first-order valence-electron chi connectivity index (χ1n) is 6.03. The van der Waals surface area contributed by atoms with E-state index in [0.29, 0.717) is 0 Å². The van der Waals surface area contributed by atoms with Crippen LogP contribution in [0.2, 0.25) is 0 Å². The fraction of sp³-hybridized carbons (Fsp3) is 0.333. The zero-order valence-electron chi connectivity index (χ0n) is 11.5. The standard InChI is InChI=1S/C12H15N5O3/c1-4-20-12(19)8-7-13-17(3)10(8)14-11(18)9-5-6-16(2)15-9/h5-7H,4H2,1-3H3,(H,14,18). The molecule has 2 rings (SSSR count). The summed E-state index contributed by atoms with van der Waals surface area (Å²) in [7, 11) is 3.33. The number of esters is 1. The molecule has 0 aliphatic heterocycles. The Morgan fingerprint density at radius 3 is 2.75 bits per heavy atom. The molecule has 2 heterocycles. The summed E-state index contributed by atoms with van der Waals surface area (Å²) in [6.07, 6.45) is 3.01. The van der Waals surface area contributed by atoms with Gasteiger partial charge in [-0.1, -0.05) is 0 Å². The maximum atomic E-state index is 12.0. The molecule has 0 atom stereocenters. The Morgan fingerprint density at radius 1 is 1.40 bits per heavy atom. The van der Waals surface area contributed by atoms with Crippen molar-refractivity contribution in [3.63, 3.8) is 0 Å². The summed E-state index contributed by atoms with van der Waals surface area (Å²) < 4.78 is 7.82. The fourth-order valence-electron chi connectivity index (χ4n) is 1.65. The second kappa shape index (κ2) is 5.55. The van der Waals surface area contributed by atoms with Gasteiger partial charge in [-0.3, -0.25) is 14.2 Å². The highest BCUT2D eigenvalue weighted by molar-refractivity contribution is 6.06. The molecule has 0 saturated heterocycles. The van der Waals surface area contributed by atoms with Gasteiger partial charge in [0.2, 0.25) is 0 Å². The Labute approximate surface area is 115 Å². The van der Waals surface area contributed by atoms with Crippen molar-refractivity contribution in [2.24, 2.45) is 14.1 Å². The molecule has 0 saturated carbocycles. The van der Waals surface area contributed by atoms with E-state index in [1.54, 1.807) is 33.3 Å². The number of nitrogens with zero attached hydrogens (tertiary/aromatic N) is 4. The van der Waals surface area contributed by atoms with Crippen molar-refractivity contribution < 1.29 is 14.3 Å². The molecule has 2 aromatic rings. The van der Waals surface area contributed by atoms with Gasteiger partial charge in [0, 0.05) is 20.3 Å². The van der Waals surface area contributed by atoms with E-state index in [1.165, 1.54) is 15.6 Å². The van der Waals surface area contributed by atoms with E-state index in [0.717, 1.165) is 0 Å². The number of carbonyl (C=O) groups excluding carboxylic acids is 2. The van der Waals surface area contributed by atoms with Gasteiger partial charge in [-0.2, -0.15) is 10.2 Å². The van der Waals surface area contributed by atoms with Gasteiger partial charge in [-0.15, -0.1) is 0 Å². The zero-order valence-corrected chi connectivity index (χ0v) is 11.5. The number of ether oxygens (including phenoxy) is 1. The normalized spacial score (nSPS) is 10.3. The second-order valence-electron chi connectivity index (χ2n) is 4.08. The highest BCUT2D eigenvalue weighted by atomic mass is 16.5. The number of aryl methyl sites for hydroxylation is 2. The maximum Gasteiger partial charge on any atom is 0.343 e. The van der Waals surface area contributed by atoms with Gasteiger partial charge in [0.05, 0.1) is 12.8 Å². The van der Waals surface area contributed by atoms with Crippen molar-refractivity contribution >= 4 is 17.7 Å². The molecule has 8 heteroatoms. The maximum absolute atomic E-state index is 12.0. The van der Waals surface area contributed by atoms with E-state index in [4.69, 9.17) is 4.74 Å². The Kier molecular flexibility index (Phi) is 3.83. The summed E-state index contributed by atoms with van der Waals surface area (Å²) in [5.41, 5.74) is 0.460. The summed E-state index contributed by atoms with van der Waals surface area (Å²) in [5, 5.41) is 10.6. The minimum atomic E-state index is -0.531. The lowest BCUT2D eigenvalue weighted by atomic mass is 10.3. The van der Waals surface area contributed by atoms with Crippen LogP contribution < -0.4 is 5.32 Å². The molecular weight excluding hydrogens is 262 g/mol. The molecule has 20 heavy (non-hydrogen) atoms. The van der Waals surface area contributed by atoms with Crippen molar-refractivity contribution in [2.75, 3.05) is 11.9 Å². The molecule has 106 valence electrons. The summed E-state index contributed by atoms with van der Waals surface area (Å²) >= 11 is 0. The van der Waals surface area contributed by atoms with Crippen LogP contribution in [0.5, 0.6) is 0 Å². The minimum Gasteiger partial charge on any atom is -0.462 e. The Balaban J connectivity index is 2.23. The Bertz CT molecular complexity index is 643. The number of aromatic nitrogens is 4. The number of nitrogens with one attached hydrogen (secondary N) is 1. The molecule has 0 unspecified atom stereocenters. The number of amides is 1. The van der Waals surface area contributed by atoms with Crippen LogP contribution in [0.25, 0.3) is 0 Å². The number of hydrogen-bond acceptors (Lipinski definition) is 5. The van der Waals surface area contributed by atoms with Crippen molar-refractivity contribution in [1.29, 1.82) is 0 Å². The van der Waals surface area contributed by atoms with E-state index >= 15 is 0 Å². The van der Waals surface area contributed by atoms with Gasteiger partial charge >= 0.3 is 5.97 Å². The molecule has 0 aromatic carbocycles. The van der Waals surface area contributed by atoms with Gasteiger partial charge < -0.3 is 10.1 Å². The van der Waals surface area contributed by atoms with Crippen LogP contribution in [0.1, 0.15) is 27.8 Å². The van der Waals surface area contributed by atoms with Crippen molar-refractivity contribution in [3.05, 3.63) is 29.7 Å². The molecule has 8 nitrogen and oxygen atoms in total. The topological polar surface area (TPSA) is 91.0 Å². The number of anilines is 1. The lowest BCUT2D eigenvalue weighted by Gasteiger charge is -2.06. The molecule has 1 N–H and O–H groups in total. The molecule has 0 bridgehead atoms. The number of rotatable bonds is 4. The van der Waals surface area contributed by atoms with Crippen LogP contribution in [0, 0.1) is 0 Å². The van der Waals surface area contributed by atoms with Gasteiger partial charge in [-0.05, 0) is 13.0 Å². The smallest absolute Gasteiger partial charge is 0.343 e. The fourth-order valence-corrected chi connectivity index (χ4v) is 1.65. The molecule has 0 fully saturated rings. The Hall–Kier alpha value is -2.64. The molecular formula is C12H15N5O3. The summed E-state index contributed by atoms with van der Waals surface area (Å²) in [6.45, 7) is 1.96. The molecule has 2 aromatic heterocycles. The average molecular weight is 277 g/mol. The summed E-state index contributed by atoms with van der Waals surface area (Å²) in [5.74, 6) is -0.671. The minimum absolute atomic E-state index is 0.207. The van der Waals surface area contributed by atoms with E-state index in [-0.39, 0.29) is 23.7 Å². The first-order chi connectivity index (χ1) is 9.52. The van der Waals surface area contributed by atoms with Gasteiger partial charge in [-0.25, -0.2) is 4.79 Å². The summed E-state index contributed by atoms with van der Waals surface area (Å²) in [6, 6.07) is 1.58. The monoisotopic (exact) mass is 277 g/mol. The zero-order chi connectivity index (χ0) is 14.7. The third-order valence-electron chi connectivity index (χ3n) is 2.61. The highest BCUT2D eigenvalue weighted by Gasteiger charge is 2.20. The van der Waals surface area contributed by atoms with E-state index in [1.807, 2.05) is 0 Å². The molecule has 0 aliphatic carbocycles. The first-order valence-corrected chi connectivity index (χ1v) is 6.03. The third-order valence-corrected chi connectivity index (χ3v) is 2.61. The number of hydrogen-bond donors (Lipinski definition) is 1. The Morgan fingerprint density at radius 2 is 2.15 bits per heavy atom. The first kappa shape index (κ1) is 13.8. The van der Waals surface area contributed by atoms with Crippen molar-refractivity contribution in [3.8, 4) is 0 Å². The van der Waals surface area contributed by atoms with E-state index in [2.05, 4.69) is 15.5 Å². The molecule has 1 amide bonds. The van der Waals surface area contributed by atoms with Crippen LogP contribution in [0.4, 0.5) is 5.82 Å². The van der Waals surface area contributed by atoms with Crippen LogP contribution in [-0.4, -0.2) is 38.0 Å². The largest absolute Gasteiger partial charge is 0.462 e. The van der Waals surface area contributed by atoms with Crippen molar-refractivity contribution in [2.45, 2.75) is 6.92 Å². The molecule has 0 aliphatic rings. The lowest BCUT2D eigenvalue weighted by molar-refractivity contribution is 0.0527. The van der Waals surface area contributed by atoms with Crippen LogP contribution in [0.15, 0.2) is 18.5 Å². The second-order valence-corrected chi connectivity index (χ2v) is 4.08. The predicted molar refractivity (Wildman–Crippen MR) is 70.3 cm³/mol. The van der Waals surface area contributed by atoms with Gasteiger partial charge in [0.15, 0.2) is 5.69 Å². The molecule has 0 spiro atoms. The predicted octanol–water partition coefficient (Wildman–Crippen LogP) is 0.583. The van der Waals surface area contributed by atoms with Crippen LogP contribution in [-0.2, 0) is 18.8 Å². The summed E-state index contributed by atoms with van der Waals surface area (Å²) in [4.78, 5) is 23.8.